The van der Waals surface area contributed by atoms with E-state index in [1.54, 1.807) is 13.1 Å². The molecule has 3 amide bonds. The third-order valence-electron chi connectivity index (χ3n) is 5.87. The number of anilines is 1. The van der Waals surface area contributed by atoms with Crippen LogP contribution in [0.1, 0.15) is 38.2 Å². The fourth-order valence-electron chi connectivity index (χ4n) is 4.35. The number of rotatable bonds is 3. The Morgan fingerprint density at radius 2 is 1.81 bits per heavy atom. The van der Waals surface area contributed by atoms with Crippen molar-refractivity contribution in [3.63, 3.8) is 0 Å². The minimum Gasteiger partial charge on any atom is -0.324 e. The van der Waals surface area contributed by atoms with E-state index in [-0.39, 0.29) is 29.6 Å². The van der Waals surface area contributed by atoms with Gasteiger partial charge in [0, 0.05) is 11.6 Å². The highest BCUT2D eigenvalue weighted by molar-refractivity contribution is 6.11. The third kappa shape index (κ3) is 2.89. The van der Waals surface area contributed by atoms with Crippen LogP contribution in [0.3, 0.4) is 0 Å². The van der Waals surface area contributed by atoms with Gasteiger partial charge in [-0.15, -0.1) is 0 Å². The van der Waals surface area contributed by atoms with Gasteiger partial charge in [0.25, 0.3) is 0 Å². The van der Waals surface area contributed by atoms with E-state index in [1.165, 1.54) is 4.90 Å². The molecule has 0 spiro atoms. The number of aryl methyl sites for hydroxylation is 1. The first kappa shape index (κ1) is 17.6. The molecule has 1 N–H and O–H groups in total. The topological polar surface area (TPSA) is 79.4 Å². The van der Waals surface area contributed by atoms with Gasteiger partial charge in [-0.05, 0) is 50.5 Å². The molecular weight excluding hydrogens is 342 g/mol. The zero-order chi connectivity index (χ0) is 19.1. The van der Waals surface area contributed by atoms with Crippen molar-refractivity contribution in [3.8, 4) is 0 Å². The van der Waals surface area contributed by atoms with E-state index in [1.807, 2.05) is 31.2 Å². The normalized spacial score (nSPS) is 23.4. The molecule has 2 aliphatic rings. The van der Waals surface area contributed by atoms with Gasteiger partial charge in [0.05, 0.1) is 23.0 Å². The number of hydrogen-bond donors (Lipinski definition) is 1. The van der Waals surface area contributed by atoms with Crippen molar-refractivity contribution < 1.29 is 14.4 Å². The second-order valence-corrected chi connectivity index (χ2v) is 7.54. The van der Waals surface area contributed by atoms with E-state index < -0.39 is 6.04 Å². The summed E-state index contributed by atoms with van der Waals surface area (Å²) in [5, 5.41) is 3.72. The zero-order valence-electron chi connectivity index (χ0n) is 15.6. The van der Waals surface area contributed by atoms with Crippen LogP contribution >= 0.6 is 0 Å². The van der Waals surface area contributed by atoms with Gasteiger partial charge >= 0.3 is 0 Å². The molecule has 1 aromatic carbocycles. The minimum absolute atomic E-state index is 0.192. The molecule has 2 fully saturated rings. The van der Waals surface area contributed by atoms with Crippen molar-refractivity contribution in [1.82, 2.24) is 9.88 Å². The first-order chi connectivity index (χ1) is 13.0. The van der Waals surface area contributed by atoms with Gasteiger partial charge in [-0.3, -0.25) is 24.3 Å². The lowest BCUT2D eigenvalue weighted by Gasteiger charge is -2.22. The molecule has 0 radical (unpaired) electrons. The number of aromatic nitrogens is 1. The Bertz CT molecular complexity index is 915. The molecule has 4 rings (SSSR count). The Hall–Kier alpha value is -2.76. The van der Waals surface area contributed by atoms with Gasteiger partial charge < -0.3 is 5.32 Å². The Balaban J connectivity index is 1.58. The second-order valence-electron chi connectivity index (χ2n) is 7.54. The van der Waals surface area contributed by atoms with Crippen molar-refractivity contribution in [3.05, 3.63) is 36.0 Å². The van der Waals surface area contributed by atoms with E-state index in [0.717, 1.165) is 42.1 Å². The Labute approximate surface area is 157 Å². The summed E-state index contributed by atoms with van der Waals surface area (Å²) in [5.41, 5.74) is 2.48. The molecule has 1 aliphatic carbocycles. The number of amides is 3. The molecule has 0 unspecified atom stereocenters. The Kier molecular flexibility index (Phi) is 4.42. The van der Waals surface area contributed by atoms with E-state index >= 15 is 0 Å². The number of likely N-dealkylation sites (tertiary alicyclic amines) is 1. The van der Waals surface area contributed by atoms with Gasteiger partial charge in [-0.25, -0.2) is 0 Å². The number of nitrogens with one attached hydrogen (secondary N) is 1. The molecule has 1 aromatic heterocycles. The smallest absolute Gasteiger partial charge is 0.247 e. The molecular formula is C21H23N3O3. The average Bonchev–Trinajstić information content (AvgIpc) is 2.94. The number of imide groups is 1. The SMILES string of the molecule is Cc1ccc(NC(=O)[C@@H](C)N2C(=O)[C@H]3CCCC[C@H]3C2=O)c2cccnc12. The molecule has 2 heterocycles. The van der Waals surface area contributed by atoms with Crippen molar-refractivity contribution >= 4 is 34.3 Å². The zero-order valence-corrected chi connectivity index (χ0v) is 15.6. The van der Waals surface area contributed by atoms with Crippen LogP contribution in [0.5, 0.6) is 0 Å². The van der Waals surface area contributed by atoms with Crippen molar-refractivity contribution in [1.29, 1.82) is 0 Å². The van der Waals surface area contributed by atoms with E-state index in [0.29, 0.717) is 5.69 Å². The van der Waals surface area contributed by atoms with Crippen LogP contribution in [0, 0.1) is 18.8 Å². The van der Waals surface area contributed by atoms with Crippen LogP contribution in [0.4, 0.5) is 5.69 Å². The quantitative estimate of drug-likeness (QED) is 0.848. The lowest BCUT2D eigenvalue weighted by molar-refractivity contribution is -0.146. The van der Waals surface area contributed by atoms with Gasteiger partial charge in [0.2, 0.25) is 17.7 Å². The largest absolute Gasteiger partial charge is 0.324 e. The predicted molar refractivity (Wildman–Crippen MR) is 102 cm³/mol. The lowest BCUT2D eigenvalue weighted by Crippen LogP contribution is -2.46. The third-order valence-corrected chi connectivity index (χ3v) is 5.87. The highest BCUT2D eigenvalue weighted by Gasteiger charge is 2.50. The number of pyridine rings is 1. The number of carbonyl (C=O) groups excluding carboxylic acids is 3. The molecule has 0 bridgehead atoms. The van der Waals surface area contributed by atoms with Gasteiger partial charge in [0.1, 0.15) is 6.04 Å². The van der Waals surface area contributed by atoms with Crippen molar-refractivity contribution in [2.45, 2.75) is 45.6 Å². The molecule has 1 aliphatic heterocycles. The average molecular weight is 365 g/mol. The van der Waals surface area contributed by atoms with Gasteiger partial charge in [-0.1, -0.05) is 18.9 Å². The second kappa shape index (κ2) is 6.76. The van der Waals surface area contributed by atoms with Crippen molar-refractivity contribution in [2.75, 3.05) is 5.32 Å². The van der Waals surface area contributed by atoms with Crippen LogP contribution in [0.25, 0.3) is 10.9 Å². The van der Waals surface area contributed by atoms with Crippen LogP contribution in [0.15, 0.2) is 30.5 Å². The van der Waals surface area contributed by atoms with E-state index in [9.17, 15) is 14.4 Å². The fourth-order valence-corrected chi connectivity index (χ4v) is 4.35. The van der Waals surface area contributed by atoms with Gasteiger partial charge in [0.15, 0.2) is 0 Å². The summed E-state index contributed by atoms with van der Waals surface area (Å²) in [6.07, 6.45) is 5.14. The van der Waals surface area contributed by atoms with E-state index in [4.69, 9.17) is 0 Å². The molecule has 3 atom stereocenters. The number of hydrogen-bond acceptors (Lipinski definition) is 4. The fraction of sp³-hybridized carbons (Fsp3) is 0.429. The molecule has 1 saturated carbocycles. The summed E-state index contributed by atoms with van der Waals surface area (Å²) in [6.45, 7) is 3.59. The molecule has 6 heteroatoms. The van der Waals surface area contributed by atoms with Crippen LogP contribution in [-0.2, 0) is 14.4 Å². The highest BCUT2D eigenvalue weighted by atomic mass is 16.2. The summed E-state index contributed by atoms with van der Waals surface area (Å²) >= 11 is 0. The van der Waals surface area contributed by atoms with Crippen LogP contribution < -0.4 is 5.32 Å². The van der Waals surface area contributed by atoms with Gasteiger partial charge in [-0.2, -0.15) is 0 Å². The van der Waals surface area contributed by atoms with E-state index in [2.05, 4.69) is 10.3 Å². The summed E-state index contributed by atoms with van der Waals surface area (Å²) < 4.78 is 0. The summed E-state index contributed by atoms with van der Waals surface area (Å²) in [6, 6.07) is 6.62. The lowest BCUT2D eigenvalue weighted by atomic mass is 9.81. The standard InChI is InChI=1S/C21H23N3O3/c1-12-9-10-17(16-8-5-11-22-18(12)16)23-19(25)13(2)24-20(26)14-6-3-4-7-15(14)21(24)27/h5,8-11,13-15H,3-4,6-7H2,1-2H3,(H,23,25)/t13-,14-,15+/m1/s1. The maximum absolute atomic E-state index is 12.8. The Morgan fingerprint density at radius 1 is 1.15 bits per heavy atom. The van der Waals surface area contributed by atoms with Crippen LogP contribution in [-0.4, -0.2) is 33.6 Å². The summed E-state index contributed by atoms with van der Waals surface area (Å²) in [4.78, 5) is 43.8. The first-order valence-electron chi connectivity index (χ1n) is 9.51. The maximum atomic E-state index is 12.8. The molecule has 140 valence electrons. The number of benzene rings is 1. The number of carbonyl (C=O) groups is 3. The predicted octanol–water partition coefficient (Wildman–Crippen LogP) is 3.05. The molecule has 27 heavy (non-hydrogen) atoms. The molecule has 6 nitrogen and oxygen atoms in total. The molecule has 1 saturated heterocycles. The number of nitrogens with zero attached hydrogens (tertiary/aromatic N) is 2. The summed E-state index contributed by atoms with van der Waals surface area (Å²) in [5.74, 6) is -1.23. The Morgan fingerprint density at radius 3 is 2.48 bits per heavy atom. The maximum Gasteiger partial charge on any atom is 0.247 e. The number of fused-ring (bicyclic) bond motifs is 2. The first-order valence-corrected chi connectivity index (χ1v) is 9.51. The van der Waals surface area contributed by atoms with Crippen molar-refractivity contribution in [2.24, 2.45) is 11.8 Å². The minimum atomic E-state index is -0.830. The highest BCUT2D eigenvalue weighted by Crippen LogP contribution is 2.39. The molecule has 2 aromatic rings. The summed E-state index contributed by atoms with van der Waals surface area (Å²) in [7, 11) is 0. The monoisotopic (exact) mass is 365 g/mol. The van der Waals surface area contributed by atoms with Crippen LogP contribution in [0.2, 0.25) is 0 Å².